The van der Waals surface area contributed by atoms with Crippen molar-refractivity contribution < 1.29 is 0 Å². The third-order valence-corrected chi connectivity index (χ3v) is 3.50. The molecular weight excluding hydrogens is 371 g/mol. The standard InChI is InChI=1S/C17H18N2.CH3I/c1-2-12-18-16(5-1)9-6-15-7-10-17(11-8-15)19-13-3-4-14-19;1-2/h1-2,5-12H,3-4,13-14H2;1H3. The zero-order chi connectivity index (χ0) is 14.9. The average molecular weight is 392 g/mol. The molecule has 1 aromatic heterocycles. The molecule has 0 amide bonds. The Balaban J connectivity index is 0.000000774. The first-order valence-electron chi connectivity index (χ1n) is 7.24. The largest absolute Gasteiger partial charge is 0.372 e. The van der Waals surface area contributed by atoms with E-state index in [1.165, 1.54) is 37.2 Å². The lowest BCUT2D eigenvalue weighted by atomic mass is 10.1. The molecule has 1 fully saturated rings. The normalized spacial score (nSPS) is 14.1. The van der Waals surface area contributed by atoms with Gasteiger partial charge in [0.05, 0.1) is 5.69 Å². The molecule has 1 aromatic carbocycles. The highest BCUT2D eigenvalue weighted by atomic mass is 127. The van der Waals surface area contributed by atoms with E-state index in [1.54, 1.807) is 0 Å². The first-order valence-corrected chi connectivity index (χ1v) is 9.39. The molecule has 3 heteroatoms. The van der Waals surface area contributed by atoms with E-state index in [9.17, 15) is 0 Å². The fraction of sp³-hybridized carbons (Fsp3) is 0.278. The minimum absolute atomic E-state index is 0.992. The number of nitrogens with zero attached hydrogens (tertiary/aromatic N) is 2. The van der Waals surface area contributed by atoms with Crippen molar-refractivity contribution in [2.24, 2.45) is 0 Å². The maximum absolute atomic E-state index is 4.28. The second-order valence-electron chi connectivity index (χ2n) is 4.87. The van der Waals surface area contributed by atoms with Gasteiger partial charge in [-0.2, -0.15) is 0 Å². The summed E-state index contributed by atoms with van der Waals surface area (Å²) in [7, 11) is 0. The van der Waals surface area contributed by atoms with Crippen molar-refractivity contribution in [1.82, 2.24) is 4.98 Å². The molecule has 1 aliphatic heterocycles. The second kappa shape index (κ2) is 8.82. The van der Waals surface area contributed by atoms with Gasteiger partial charge in [0.2, 0.25) is 0 Å². The van der Waals surface area contributed by atoms with Crippen LogP contribution in [0.2, 0.25) is 0 Å². The predicted molar refractivity (Wildman–Crippen MR) is 101 cm³/mol. The van der Waals surface area contributed by atoms with Gasteiger partial charge in [0.25, 0.3) is 0 Å². The minimum atomic E-state index is 0.992. The van der Waals surface area contributed by atoms with E-state index in [1.807, 2.05) is 35.4 Å². The lowest BCUT2D eigenvalue weighted by Gasteiger charge is -2.17. The van der Waals surface area contributed by atoms with Crippen molar-refractivity contribution in [3.63, 3.8) is 0 Å². The first kappa shape index (κ1) is 16.0. The lowest BCUT2D eigenvalue weighted by Crippen LogP contribution is -2.17. The molecule has 0 atom stereocenters. The van der Waals surface area contributed by atoms with Crippen molar-refractivity contribution >= 4 is 40.4 Å². The van der Waals surface area contributed by atoms with Crippen LogP contribution in [0, 0.1) is 0 Å². The van der Waals surface area contributed by atoms with Gasteiger partial charge in [0.15, 0.2) is 0 Å². The van der Waals surface area contributed by atoms with Gasteiger partial charge in [0, 0.05) is 25.0 Å². The van der Waals surface area contributed by atoms with Gasteiger partial charge in [-0.05, 0) is 53.7 Å². The van der Waals surface area contributed by atoms with Crippen molar-refractivity contribution in [3.8, 4) is 0 Å². The number of pyridine rings is 1. The maximum Gasteiger partial charge on any atom is 0.0629 e. The monoisotopic (exact) mass is 392 g/mol. The van der Waals surface area contributed by atoms with E-state index in [-0.39, 0.29) is 0 Å². The summed E-state index contributed by atoms with van der Waals surface area (Å²) < 4.78 is 0. The van der Waals surface area contributed by atoms with Crippen LogP contribution in [-0.2, 0) is 0 Å². The Morgan fingerprint density at radius 3 is 2.29 bits per heavy atom. The molecule has 0 bridgehead atoms. The summed E-state index contributed by atoms with van der Waals surface area (Å²) in [4.78, 5) is 8.70. The molecule has 2 heterocycles. The predicted octanol–water partition coefficient (Wildman–Crippen LogP) is 4.90. The summed E-state index contributed by atoms with van der Waals surface area (Å²) >= 11 is 2.15. The van der Waals surface area contributed by atoms with E-state index in [0.29, 0.717) is 0 Å². The van der Waals surface area contributed by atoms with E-state index in [2.05, 4.69) is 62.8 Å². The Labute approximate surface area is 141 Å². The Bertz CT molecular complexity index is 543. The van der Waals surface area contributed by atoms with Crippen LogP contribution >= 0.6 is 22.6 Å². The summed E-state index contributed by atoms with van der Waals surface area (Å²) in [6.07, 6.45) is 8.61. The second-order valence-corrected chi connectivity index (χ2v) is 4.87. The summed E-state index contributed by atoms with van der Waals surface area (Å²) in [5.41, 5.74) is 3.55. The summed E-state index contributed by atoms with van der Waals surface area (Å²) in [6, 6.07) is 14.7. The van der Waals surface area contributed by atoms with Gasteiger partial charge in [-0.25, -0.2) is 0 Å². The maximum atomic E-state index is 4.28. The summed E-state index contributed by atoms with van der Waals surface area (Å²) in [5.74, 6) is 0. The highest BCUT2D eigenvalue weighted by Gasteiger charge is 2.11. The number of anilines is 1. The number of hydrogen-bond acceptors (Lipinski definition) is 2. The van der Waals surface area contributed by atoms with Crippen LogP contribution in [0.3, 0.4) is 0 Å². The molecule has 1 aliphatic rings. The quantitative estimate of drug-likeness (QED) is 0.546. The van der Waals surface area contributed by atoms with Crippen LogP contribution in [-0.4, -0.2) is 23.0 Å². The Morgan fingerprint density at radius 1 is 0.952 bits per heavy atom. The molecule has 110 valence electrons. The minimum Gasteiger partial charge on any atom is -0.372 e. The van der Waals surface area contributed by atoms with Gasteiger partial charge in [-0.1, -0.05) is 46.9 Å². The third-order valence-electron chi connectivity index (χ3n) is 3.50. The smallest absolute Gasteiger partial charge is 0.0629 e. The van der Waals surface area contributed by atoms with E-state index in [0.717, 1.165) is 5.69 Å². The number of alkyl halides is 1. The third kappa shape index (κ3) is 4.84. The van der Waals surface area contributed by atoms with Crippen LogP contribution in [0.1, 0.15) is 24.1 Å². The highest BCUT2D eigenvalue weighted by molar-refractivity contribution is 14.1. The fourth-order valence-corrected chi connectivity index (χ4v) is 2.43. The molecule has 0 N–H and O–H groups in total. The zero-order valence-corrected chi connectivity index (χ0v) is 14.5. The number of benzene rings is 1. The molecule has 1 saturated heterocycles. The average Bonchev–Trinajstić information content (AvgIpc) is 3.11. The summed E-state index contributed by atoms with van der Waals surface area (Å²) in [5, 5.41) is 0. The van der Waals surface area contributed by atoms with Crippen LogP contribution < -0.4 is 4.90 Å². The Hall–Kier alpha value is -1.36. The van der Waals surface area contributed by atoms with Crippen LogP contribution in [0.15, 0.2) is 48.7 Å². The molecule has 0 radical (unpaired) electrons. The topological polar surface area (TPSA) is 16.1 Å². The molecule has 0 saturated carbocycles. The molecule has 0 spiro atoms. The molecule has 0 unspecified atom stereocenters. The van der Waals surface area contributed by atoms with Gasteiger partial charge in [0.1, 0.15) is 0 Å². The van der Waals surface area contributed by atoms with Gasteiger partial charge >= 0.3 is 0 Å². The number of rotatable bonds is 3. The van der Waals surface area contributed by atoms with Crippen molar-refractivity contribution in [3.05, 3.63) is 59.9 Å². The van der Waals surface area contributed by atoms with Crippen molar-refractivity contribution in [1.29, 1.82) is 0 Å². The van der Waals surface area contributed by atoms with Gasteiger partial charge in [-0.15, -0.1) is 0 Å². The number of hydrogen-bond donors (Lipinski definition) is 0. The SMILES string of the molecule is C(=Cc1ccccn1)c1ccc(N2CCCC2)cc1.CI. The van der Waals surface area contributed by atoms with Gasteiger partial charge < -0.3 is 4.90 Å². The van der Waals surface area contributed by atoms with Crippen LogP contribution in [0.4, 0.5) is 5.69 Å². The first-order chi connectivity index (χ1) is 10.4. The molecule has 2 aromatic rings. The van der Waals surface area contributed by atoms with E-state index >= 15 is 0 Å². The van der Waals surface area contributed by atoms with Crippen molar-refractivity contribution in [2.45, 2.75) is 12.8 Å². The highest BCUT2D eigenvalue weighted by Crippen LogP contribution is 2.21. The van der Waals surface area contributed by atoms with Gasteiger partial charge in [-0.3, -0.25) is 4.98 Å². The number of aromatic nitrogens is 1. The molecule has 2 nitrogen and oxygen atoms in total. The van der Waals surface area contributed by atoms with Crippen LogP contribution in [0.5, 0.6) is 0 Å². The molecular formula is C18H21IN2. The van der Waals surface area contributed by atoms with Crippen LogP contribution in [0.25, 0.3) is 12.2 Å². The van der Waals surface area contributed by atoms with Crippen molar-refractivity contribution in [2.75, 3.05) is 22.9 Å². The fourth-order valence-electron chi connectivity index (χ4n) is 2.43. The zero-order valence-electron chi connectivity index (χ0n) is 12.4. The van der Waals surface area contributed by atoms with E-state index < -0.39 is 0 Å². The molecule has 3 rings (SSSR count). The lowest BCUT2D eigenvalue weighted by molar-refractivity contribution is 0.949. The van der Waals surface area contributed by atoms with E-state index in [4.69, 9.17) is 0 Å². The Morgan fingerprint density at radius 2 is 1.67 bits per heavy atom. The Kier molecular flexibility index (Phi) is 6.73. The summed E-state index contributed by atoms with van der Waals surface area (Å²) in [6.45, 7) is 2.40. The number of halogens is 1. The molecule has 0 aliphatic carbocycles. The molecule has 21 heavy (non-hydrogen) atoms.